The molecule has 1 aliphatic carbocycles. The molecule has 0 amide bonds. The minimum absolute atomic E-state index is 0.106. The van der Waals surface area contributed by atoms with Gasteiger partial charge in [0.05, 0.1) is 11.1 Å². The fourth-order valence-corrected chi connectivity index (χ4v) is 5.12. The molecule has 0 bridgehead atoms. The molecule has 10 heteroatoms. The Morgan fingerprint density at radius 3 is 3.00 bits per heavy atom. The van der Waals surface area contributed by atoms with Crippen molar-refractivity contribution in [2.75, 3.05) is 0 Å². The van der Waals surface area contributed by atoms with E-state index in [9.17, 15) is 4.79 Å². The fourth-order valence-electron chi connectivity index (χ4n) is 3.94. The molecule has 4 aromatic heterocycles. The van der Waals surface area contributed by atoms with Crippen LogP contribution in [0, 0.1) is 0 Å². The first-order valence-electron chi connectivity index (χ1n) is 10.6. The zero-order chi connectivity index (χ0) is 22.2. The van der Waals surface area contributed by atoms with Crippen LogP contribution in [0.1, 0.15) is 35.0 Å². The minimum atomic E-state index is -0.557. The molecule has 9 nitrogen and oxygen atoms in total. The van der Waals surface area contributed by atoms with E-state index in [0.29, 0.717) is 17.4 Å². The Bertz CT molecular complexity index is 1490. The lowest BCUT2D eigenvalue weighted by Crippen LogP contribution is -2.01. The summed E-state index contributed by atoms with van der Waals surface area (Å²) in [6.45, 7) is -0.106. The smallest absolute Gasteiger partial charge is 0.331 e. The normalized spacial score (nSPS) is 13.7. The Balaban J connectivity index is 1.12. The first-order chi connectivity index (χ1) is 16.2. The zero-order valence-electron chi connectivity index (χ0n) is 17.5. The Labute approximate surface area is 191 Å². The Morgan fingerprint density at radius 1 is 1.15 bits per heavy atom. The first kappa shape index (κ1) is 19.7. The topological polar surface area (TPSA) is 108 Å². The largest absolute Gasteiger partial charge is 0.452 e. The van der Waals surface area contributed by atoms with Crippen molar-refractivity contribution >= 4 is 39.8 Å². The number of rotatable bonds is 5. The van der Waals surface area contributed by atoms with Crippen molar-refractivity contribution in [2.45, 2.75) is 32.3 Å². The lowest BCUT2D eigenvalue weighted by molar-refractivity contribution is -0.139. The second kappa shape index (κ2) is 8.21. The van der Waals surface area contributed by atoms with Crippen LogP contribution in [-0.2, 0) is 29.0 Å². The SMILES string of the molecule is O=C(/C=C/c1nnc2c3ccccc3cnn12)OCc1nnc(-c2cc3c(s2)CCCC3)o1. The van der Waals surface area contributed by atoms with E-state index in [4.69, 9.17) is 9.15 Å². The van der Waals surface area contributed by atoms with Gasteiger partial charge in [0.15, 0.2) is 18.1 Å². The average molecular weight is 459 g/mol. The van der Waals surface area contributed by atoms with Crippen molar-refractivity contribution in [2.24, 2.45) is 0 Å². The number of thiophene rings is 1. The van der Waals surface area contributed by atoms with Gasteiger partial charge >= 0.3 is 5.97 Å². The number of hydrogen-bond acceptors (Lipinski definition) is 9. The molecule has 1 aliphatic rings. The molecule has 0 saturated heterocycles. The van der Waals surface area contributed by atoms with Crippen LogP contribution in [0.15, 0.2) is 47.0 Å². The molecular formula is C23H18N6O3S. The Kier molecular flexibility index (Phi) is 4.91. The molecule has 1 aromatic carbocycles. The third-order valence-corrected chi connectivity index (χ3v) is 6.78. The molecule has 0 radical (unpaired) electrons. The van der Waals surface area contributed by atoms with E-state index in [1.165, 1.54) is 35.4 Å². The Morgan fingerprint density at radius 2 is 2.06 bits per heavy atom. The predicted molar refractivity (Wildman–Crippen MR) is 121 cm³/mol. The number of carbonyl (C=O) groups is 1. The molecule has 33 heavy (non-hydrogen) atoms. The summed E-state index contributed by atoms with van der Waals surface area (Å²) in [5, 5.41) is 22.7. The van der Waals surface area contributed by atoms with Gasteiger partial charge in [-0.2, -0.15) is 9.61 Å². The van der Waals surface area contributed by atoms with Crippen LogP contribution in [0.3, 0.4) is 0 Å². The van der Waals surface area contributed by atoms with E-state index in [0.717, 1.165) is 28.5 Å². The van der Waals surface area contributed by atoms with E-state index in [2.05, 4.69) is 31.6 Å². The Hall–Kier alpha value is -3.92. The van der Waals surface area contributed by atoms with E-state index in [1.807, 2.05) is 24.3 Å². The van der Waals surface area contributed by atoms with Crippen LogP contribution in [0.5, 0.6) is 0 Å². The molecule has 5 aromatic rings. The van der Waals surface area contributed by atoms with E-state index in [-0.39, 0.29) is 12.5 Å². The fraction of sp³-hybridized carbons (Fsp3) is 0.217. The third-order valence-electron chi connectivity index (χ3n) is 5.56. The van der Waals surface area contributed by atoms with Crippen LogP contribution >= 0.6 is 11.3 Å². The third kappa shape index (κ3) is 3.78. The average Bonchev–Trinajstić information content (AvgIpc) is 3.59. The van der Waals surface area contributed by atoms with Crippen LogP contribution in [0.2, 0.25) is 0 Å². The van der Waals surface area contributed by atoms with Crippen LogP contribution in [0.25, 0.3) is 33.3 Å². The molecule has 0 spiro atoms. The molecule has 6 rings (SSSR count). The second-order valence-corrected chi connectivity index (χ2v) is 8.87. The maximum absolute atomic E-state index is 12.2. The number of fused-ring (bicyclic) bond motifs is 4. The van der Waals surface area contributed by atoms with Gasteiger partial charge in [0.1, 0.15) is 0 Å². The number of aryl methyl sites for hydroxylation is 2. The highest BCUT2D eigenvalue weighted by Crippen LogP contribution is 2.35. The van der Waals surface area contributed by atoms with Gasteiger partial charge in [-0.15, -0.1) is 31.7 Å². The molecule has 4 heterocycles. The second-order valence-electron chi connectivity index (χ2n) is 7.73. The van der Waals surface area contributed by atoms with Crippen molar-refractivity contribution in [1.82, 2.24) is 30.0 Å². The van der Waals surface area contributed by atoms with Crippen molar-refractivity contribution < 1.29 is 13.9 Å². The van der Waals surface area contributed by atoms with Crippen molar-refractivity contribution in [3.63, 3.8) is 0 Å². The molecule has 0 saturated carbocycles. The quantitative estimate of drug-likeness (QED) is 0.287. The summed E-state index contributed by atoms with van der Waals surface area (Å²) in [4.78, 5) is 14.6. The molecule has 0 fully saturated rings. The maximum Gasteiger partial charge on any atom is 0.331 e. The van der Waals surface area contributed by atoms with Crippen molar-refractivity contribution in [3.8, 4) is 10.8 Å². The lowest BCUT2D eigenvalue weighted by atomic mass is 9.99. The summed E-state index contributed by atoms with van der Waals surface area (Å²) in [7, 11) is 0. The van der Waals surface area contributed by atoms with Crippen molar-refractivity contribution in [3.05, 3.63) is 64.8 Å². The van der Waals surface area contributed by atoms with Crippen LogP contribution in [0.4, 0.5) is 0 Å². The van der Waals surface area contributed by atoms with Gasteiger partial charge in [-0.25, -0.2) is 4.79 Å². The highest BCUT2D eigenvalue weighted by molar-refractivity contribution is 7.15. The predicted octanol–water partition coefficient (Wildman–Crippen LogP) is 4.02. The van der Waals surface area contributed by atoms with E-state index >= 15 is 0 Å². The molecule has 0 N–H and O–H groups in total. The number of benzene rings is 1. The summed E-state index contributed by atoms with van der Waals surface area (Å²) in [5.41, 5.74) is 2.00. The molecular weight excluding hydrogens is 440 g/mol. The molecule has 0 unspecified atom stereocenters. The van der Waals surface area contributed by atoms with E-state index in [1.54, 1.807) is 22.0 Å². The summed E-state index contributed by atoms with van der Waals surface area (Å²) in [6.07, 6.45) is 9.18. The van der Waals surface area contributed by atoms with Crippen molar-refractivity contribution in [1.29, 1.82) is 0 Å². The van der Waals surface area contributed by atoms with E-state index < -0.39 is 5.97 Å². The van der Waals surface area contributed by atoms with Gasteiger partial charge in [0.25, 0.3) is 11.8 Å². The summed E-state index contributed by atoms with van der Waals surface area (Å²) >= 11 is 1.70. The van der Waals surface area contributed by atoms with Crippen LogP contribution in [-0.4, -0.2) is 36.0 Å². The zero-order valence-corrected chi connectivity index (χ0v) is 18.3. The summed E-state index contributed by atoms with van der Waals surface area (Å²) in [6, 6.07) is 9.91. The highest BCUT2D eigenvalue weighted by Gasteiger charge is 2.18. The minimum Gasteiger partial charge on any atom is -0.452 e. The first-order valence-corrected chi connectivity index (χ1v) is 11.4. The number of esters is 1. The number of ether oxygens (including phenoxy) is 1. The van der Waals surface area contributed by atoms with Gasteiger partial charge in [-0.1, -0.05) is 24.3 Å². The van der Waals surface area contributed by atoms with Gasteiger partial charge in [0, 0.05) is 21.7 Å². The number of hydrogen-bond donors (Lipinski definition) is 0. The highest BCUT2D eigenvalue weighted by atomic mass is 32.1. The van der Waals surface area contributed by atoms with Gasteiger partial charge in [0.2, 0.25) is 0 Å². The number of carbonyl (C=O) groups excluding carboxylic acids is 1. The number of aromatic nitrogens is 6. The lowest BCUT2D eigenvalue weighted by Gasteiger charge is -2.08. The maximum atomic E-state index is 12.2. The standard InChI is InChI=1S/C23H18N6O3S/c30-21(10-9-19-25-27-22-16-7-3-1-6-15(16)12-24-29(19)22)31-13-20-26-28-23(32-20)18-11-14-5-2-4-8-17(14)33-18/h1,3,6-7,9-12H,2,4-5,8,13H2/b10-9+. The summed E-state index contributed by atoms with van der Waals surface area (Å²) < 4.78 is 12.5. The van der Waals surface area contributed by atoms with Gasteiger partial charge in [-0.05, 0) is 43.4 Å². The number of nitrogens with zero attached hydrogens (tertiary/aromatic N) is 6. The molecule has 0 aliphatic heterocycles. The van der Waals surface area contributed by atoms with Gasteiger partial charge in [-0.3, -0.25) is 0 Å². The van der Waals surface area contributed by atoms with Gasteiger partial charge < -0.3 is 9.15 Å². The van der Waals surface area contributed by atoms with Crippen LogP contribution < -0.4 is 0 Å². The summed E-state index contributed by atoms with van der Waals surface area (Å²) in [5.74, 6) is 0.580. The monoisotopic (exact) mass is 458 g/mol. The molecule has 164 valence electrons. The molecule has 0 atom stereocenters.